The van der Waals surface area contributed by atoms with Gasteiger partial charge in [-0.2, -0.15) is 0 Å². The Labute approximate surface area is 118 Å². The molecular formula is C17H28N2. The number of hydrogen-bond acceptors (Lipinski definition) is 2. The van der Waals surface area contributed by atoms with Crippen LogP contribution in [0.15, 0.2) is 24.3 Å². The minimum atomic E-state index is 0.447. The molecule has 1 heterocycles. The third kappa shape index (κ3) is 3.97. The lowest BCUT2D eigenvalue weighted by Crippen LogP contribution is -2.40. The van der Waals surface area contributed by atoms with Crippen LogP contribution < -0.4 is 10.2 Å². The van der Waals surface area contributed by atoms with E-state index in [1.54, 1.807) is 0 Å². The second-order valence-electron chi connectivity index (χ2n) is 6.49. The van der Waals surface area contributed by atoms with Crippen molar-refractivity contribution in [3.63, 3.8) is 0 Å². The molecule has 0 spiro atoms. The summed E-state index contributed by atoms with van der Waals surface area (Å²) in [6.07, 6.45) is 3.85. The molecule has 0 amide bonds. The van der Waals surface area contributed by atoms with Gasteiger partial charge in [0.15, 0.2) is 0 Å². The fourth-order valence-corrected chi connectivity index (χ4v) is 3.00. The van der Waals surface area contributed by atoms with Crippen molar-refractivity contribution in [3.05, 3.63) is 29.8 Å². The summed E-state index contributed by atoms with van der Waals surface area (Å²) >= 11 is 0. The maximum atomic E-state index is 3.52. The van der Waals surface area contributed by atoms with Crippen LogP contribution in [0.5, 0.6) is 0 Å². The quantitative estimate of drug-likeness (QED) is 0.810. The maximum Gasteiger partial charge on any atom is 0.0412 e. The summed E-state index contributed by atoms with van der Waals surface area (Å²) in [7, 11) is 0. The highest BCUT2D eigenvalue weighted by atomic mass is 15.1. The Bertz CT molecular complexity index is 398. The van der Waals surface area contributed by atoms with E-state index < -0.39 is 0 Å². The molecule has 19 heavy (non-hydrogen) atoms. The third-order valence-corrected chi connectivity index (χ3v) is 3.98. The molecule has 1 aromatic carbocycles. The molecule has 0 unspecified atom stereocenters. The number of nitrogens with one attached hydrogen (secondary N) is 1. The highest BCUT2D eigenvalue weighted by molar-refractivity contribution is 5.54. The molecule has 0 aliphatic carbocycles. The second kappa shape index (κ2) is 6.42. The zero-order valence-electron chi connectivity index (χ0n) is 12.7. The topological polar surface area (TPSA) is 15.3 Å². The number of rotatable bonds is 5. The van der Waals surface area contributed by atoms with Crippen molar-refractivity contribution in [2.75, 3.05) is 24.5 Å². The summed E-state index contributed by atoms with van der Waals surface area (Å²) in [4.78, 5) is 2.58. The van der Waals surface area contributed by atoms with Gasteiger partial charge in [0.2, 0.25) is 0 Å². The average Bonchev–Trinajstić information content (AvgIpc) is 2.38. The molecule has 1 N–H and O–H groups in total. The molecule has 0 bridgehead atoms. The van der Waals surface area contributed by atoms with E-state index in [-0.39, 0.29) is 0 Å². The molecule has 2 heteroatoms. The number of nitrogens with zero attached hydrogens (tertiary/aromatic N) is 1. The minimum absolute atomic E-state index is 0.447. The maximum absolute atomic E-state index is 3.52. The first-order chi connectivity index (χ1) is 9.12. The van der Waals surface area contributed by atoms with Crippen molar-refractivity contribution in [1.82, 2.24) is 5.32 Å². The van der Waals surface area contributed by atoms with Gasteiger partial charge in [0, 0.05) is 25.3 Å². The third-order valence-electron chi connectivity index (χ3n) is 3.98. The van der Waals surface area contributed by atoms with Crippen LogP contribution in [0.1, 0.15) is 45.6 Å². The van der Waals surface area contributed by atoms with Gasteiger partial charge in [-0.1, -0.05) is 39.0 Å². The van der Waals surface area contributed by atoms with Crippen LogP contribution in [0.25, 0.3) is 0 Å². The van der Waals surface area contributed by atoms with Crippen LogP contribution in [0.3, 0.4) is 0 Å². The van der Waals surface area contributed by atoms with Gasteiger partial charge in [-0.05, 0) is 42.9 Å². The van der Waals surface area contributed by atoms with Crippen LogP contribution >= 0.6 is 0 Å². The Hall–Kier alpha value is -1.02. The van der Waals surface area contributed by atoms with E-state index in [9.17, 15) is 0 Å². The lowest BCUT2D eigenvalue weighted by Gasteiger charge is -2.40. The predicted octanol–water partition coefficient (Wildman–Crippen LogP) is 3.81. The lowest BCUT2D eigenvalue weighted by molar-refractivity contribution is 0.293. The molecule has 1 aliphatic heterocycles. The summed E-state index contributed by atoms with van der Waals surface area (Å²) in [5, 5.41) is 3.52. The van der Waals surface area contributed by atoms with Crippen LogP contribution in [-0.2, 0) is 6.54 Å². The monoisotopic (exact) mass is 260 g/mol. The van der Waals surface area contributed by atoms with E-state index >= 15 is 0 Å². The van der Waals surface area contributed by atoms with E-state index in [0.717, 1.165) is 13.1 Å². The molecule has 1 fully saturated rings. The Morgan fingerprint density at radius 3 is 2.79 bits per heavy atom. The molecule has 0 aromatic heterocycles. The van der Waals surface area contributed by atoms with Crippen molar-refractivity contribution in [2.24, 2.45) is 5.41 Å². The summed E-state index contributed by atoms with van der Waals surface area (Å²) in [6.45, 7) is 11.5. The van der Waals surface area contributed by atoms with Crippen molar-refractivity contribution in [1.29, 1.82) is 0 Å². The molecule has 106 valence electrons. The normalized spacial score (nSPS) is 18.6. The van der Waals surface area contributed by atoms with E-state index in [0.29, 0.717) is 5.41 Å². The first-order valence-electron chi connectivity index (χ1n) is 7.66. The standard InChI is InChI=1S/C17H28N2/c1-4-11-18-13-15-8-5-6-9-16(15)19-12-7-10-17(2,3)14-19/h5-6,8-9,18H,4,7,10-14H2,1-3H3. The van der Waals surface area contributed by atoms with Gasteiger partial charge in [0.25, 0.3) is 0 Å². The second-order valence-corrected chi connectivity index (χ2v) is 6.49. The van der Waals surface area contributed by atoms with Crippen molar-refractivity contribution < 1.29 is 0 Å². The van der Waals surface area contributed by atoms with Crippen LogP contribution in [-0.4, -0.2) is 19.6 Å². The summed E-state index contributed by atoms with van der Waals surface area (Å²) in [6, 6.07) is 8.87. The summed E-state index contributed by atoms with van der Waals surface area (Å²) in [5.41, 5.74) is 3.31. The Morgan fingerprint density at radius 2 is 2.05 bits per heavy atom. The Balaban J connectivity index is 2.10. The van der Waals surface area contributed by atoms with Gasteiger partial charge in [-0.3, -0.25) is 0 Å². The van der Waals surface area contributed by atoms with E-state index in [2.05, 4.69) is 55.3 Å². The van der Waals surface area contributed by atoms with Gasteiger partial charge in [0.1, 0.15) is 0 Å². The fourth-order valence-electron chi connectivity index (χ4n) is 3.00. The number of para-hydroxylation sites is 1. The largest absolute Gasteiger partial charge is 0.371 e. The number of hydrogen-bond donors (Lipinski definition) is 1. The van der Waals surface area contributed by atoms with Gasteiger partial charge < -0.3 is 10.2 Å². The summed E-state index contributed by atoms with van der Waals surface area (Å²) < 4.78 is 0. The molecule has 1 aromatic rings. The van der Waals surface area contributed by atoms with E-state index in [1.165, 1.54) is 43.6 Å². The molecule has 0 atom stereocenters. The molecule has 2 rings (SSSR count). The van der Waals surface area contributed by atoms with Gasteiger partial charge in [-0.15, -0.1) is 0 Å². The Kier molecular flexibility index (Phi) is 4.87. The van der Waals surface area contributed by atoms with Crippen molar-refractivity contribution >= 4 is 5.69 Å². The number of piperidine rings is 1. The first kappa shape index (κ1) is 14.4. The zero-order valence-corrected chi connectivity index (χ0v) is 12.7. The summed E-state index contributed by atoms with van der Waals surface area (Å²) in [5.74, 6) is 0. The first-order valence-corrected chi connectivity index (χ1v) is 7.66. The van der Waals surface area contributed by atoms with Crippen LogP contribution in [0.4, 0.5) is 5.69 Å². The van der Waals surface area contributed by atoms with Crippen LogP contribution in [0, 0.1) is 5.41 Å². The minimum Gasteiger partial charge on any atom is -0.371 e. The van der Waals surface area contributed by atoms with Gasteiger partial charge in [0.05, 0.1) is 0 Å². The number of anilines is 1. The molecule has 1 saturated heterocycles. The van der Waals surface area contributed by atoms with Crippen molar-refractivity contribution in [3.8, 4) is 0 Å². The fraction of sp³-hybridized carbons (Fsp3) is 0.647. The van der Waals surface area contributed by atoms with E-state index in [1.807, 2.05) is 0 Å². The van der Waals surface area contributed by atoms with Gasteiger partial charge in [-0.25, -0.2) is 0 Å². The highest BCUT2D eigenvalue weighted by Gasteiger charge is 2.27. The van der Waals surface area contributed by atoms with Crippen LogP contribution in [0.2, 0.25) is 0 Å². The molecular weight excluding hydrogens is 232 g/mol. The molecule has 0 saturated carbocycles. The van der Waals surface area contributed by atoms with Gasteiger partial charge >= 0.3 is 0 Å². The lowest BCUT2D eigenvalue weighted by atomic mass is 9.84. The Morgan fingerprint density at radius 1 is 1.26 bits per heavy atom. The smallest absolute Gasteiger partial charge is 0.0412 e. The van der Waals surface area contributed by atoms with Crippen molar-refractivity contribution in [2.45, 2.75) is 46.6 Å². The molecule has 2 nitrogen and oxygen atoms in total. The predicted molar refractivity (Wildman–Crippen MR) is 83.7 cm³/mol. The molecule has 0 radical (unpaired) electrons. The van der Waals surface area contributed by atoms with E-state index in [4.69, 9.17) is 0 Å². The number of benzene rings is 1. The average molecular weight is 260 g/mol. The zero-order chi connectivity index (χ0) is 13.7. The SMILES string of the molecule is CCCNCc1ccccc1N1CCCC(C)(C)C1. The highest BCUT2D eigenvalue weighted by Crippen LogP contribution is 2.32. The molecule has 1 aliphatic rings.